The van der Waals surface area contributed by atoms with Gasteiger partial charge in [-0.25, -0.2) is 0 Å². The second kappa shape index (κ2) is 10.4. The summed E-state index contributed by atoms with van der Waals surface area (Å²) in [5.74, 6) is -0.409. The van der Waals surface area contributed by atoms with Gasteiger partial charge in [-0.05, 0) is 73.2 Å². The van der Waals surface area contributed by atoms with Crippen LogP contribution in [0.3, 0.4) is 0 Å². The van der Waals surface area contributed by atoms with Crippen LogP contribution >= 0.6 is 0 Å². The quantitative estimate of drug-likeness (QED) is 0.225. The first-order valence-electron chi connectivity index (χ1n) is 12.8. The number of rotatable bonds is 6. The lowest BCUT2D eigenvalue weighted by molar-refractivity contribution is -0.132. The highest BCUT2D eigenvalue weighted by atomic mass is 16.5. The van der Waals surface area contributed by atoms with Crippen molar-refractivity contribution in [3.05, 3.63) is 94.6 Å². The molecule has 1 amide bonds. The maximum absolute atomic E-state index is 13.6. The molecule has 1 N–H and O–H groups in total. The first-order chi connectivity index (χ1) is 17.9. The second-order valence-corrected chi connectivity index (χ2v) is 10.9. The third-order valence-corrected chi connectivity index (χ3v) is 6.70. The molecule has 0 aliphatic carbocycles. The van der Waals surface area contributed by atoms with Gasteiger partial charge in [-0.3, -0.25) is 14.5 Å². The van der Waals surface area contributed by atoms with Gasteiger partial charge < -0.3 is 14.6 Å². The molecule has 38 heavy (non-hydrogen) atoms. The van der Waals surface area contributed by atoms with E-state index in [-0.39, 0.29) is 22.9 Å². The highest BCUT2D eigenvalue weighted by molar-refractivity contribution is 6.51. The molecule has 0 spiro atoms. The van der Waals surface area contributed by atoms with E-state index in [2.05, 4.69) is 20.8 Å². The smallest absolute Gasteiger partial charge is 0.300 e. The van der Waals surface area contributed by atoms with Crippen molar-refractivity contribution in [2.24, 2.45) is 0 Å². The minimum atomic E-state index is -0.840. The normalized spacial score (nSPS) is 17.3. The molecular weight excluding hydrogens is 478 g/mol. The summed E-state index contributed by atoms with van der Waals surface area (Å²) in [7, 11) is 1.54. The molecule has 4 rings (SSSR count). The van der Waals surface area contributed by atoms with E-state index in [1.807, 2.05) is 63.2 Å². The molecule has 6 heteroatoms. The molecule has 1 heterocycles. The van der Waals surface area contributed by atoms with Crippen molar-refractivity contribution in [1.29, 1.82) is 0 Å². The Kier molecular flexibility index (Phi) is 7.36. The van der Waals surface area contributed by atoms with E-state index in [4.69, 9.17) is 9.47 Å². The number of ether oxygens (including phenoxy) is 2. The van der Waals surface area contributed by atoms with E-state index in [0.29, 0.717) is 28.3 Å². The van der Waals surface area contributed by atoms with Crippen molar-refractivity contribution in [1.82, 2.24) is 0 Å². The predicted molar refractivity (Wildman–Crippen MR) is 150 cm³/mol. The van der Waals surface area contributed by atoms with Crippen LogP contribution in [0.5, 0.6) is 11.5 Å². The van der Waals surface area contributed by atoms with Crippen molar-refractivity contribution in [3.63, 3.8) is 0 Å². The molecule has 1 aliphatic heterocycles. The lowest BCUT2D eigenvalue weighted by Crippen LogP contribution is -2.29. The van der Waals surface area contributed by atoms with Gasteiger partial charge in [0, 0.05) is 17.3 Å². The minimum absolute atomic E-state index is 0.00124. The van der Waals surface area contributed by atoms with Crippen LogP contribution in [0, 0.1) is 6.92 Å². The second-order valence-electron chi connectivity index (χ2n) is 10.9. The van der Waals surface area contributed by atoms with Gasteiger partial charge in [0.2, 0.25) is 0 Å². The first-order valence-corrected chi connectivity index (χ1v) is 12.8. The minimum Gasteiger partial charge on any atom is -0.507 e. The zero-order valence-electron chi connectivity index (χ0n) is 23.0. The predicted octanol–water partition coefficient (Wildman–Crippen LogP) is 6.71. The van der Waals surface area contributed by atoms with E-state index in [9.17, 15) is 14.7 Å². The molecule has 1 atom stereocenters. The fourth-order valence-corrected chi connectivity index (χ4v) is 4.66. The Morgan fingerprint density at radius 1 is 0.947 bits per heavy atom. The maximum Gasteiger partial charge on any atom is 0.300 e. The van der Waals surface area contributed by atoms with Crippen LogP contribution in [0.4, 0.5) is 5.69 Å². The number of carbonyl (C=O) groups is 2. The summed E-state index contributed by atoms with van der Waals surface area (Å²) in [4.78, 5) is 28.5. The number of carbonyl (C=O) groups excluding carboxylic acids is 2. The molecule has 0 saturated carbocycles. The summed E-state index contributed by atoms with van der Waals surface area (Å²) in [6.45, 7) is 12.0. The summed E-state index contributed by atoms with van der Waals surface area (Å²) in [6, 6.07) is 19.3. The molecule has 3 aromatic rings. The zero-order chi connectivity index (χ0) is 27.8. The Labute approximate surface area is 224 Å². The first kappa shape index (κ1) is 27.0. The lowest BCUT2D eigenvalue weighted by atomic mass is 9.84. The molecule has 1 unspecified atom stereocenters. The molecule has 0 aromatic heterocycles. The number of Topliss-reactive ketones (excluding diaryl/α,β-unsaturated/α-hetero) is 1. The maximum atomic E-state index is 13.6. The Morgan fingerprint density at radius 3 is 2.24 bits per heavy atom. The van der Waals surface area contributed by atoms with Crippen molar-refractivity contribution >= 4 is 23.1 Å². The number of nitrogens with zero attached hydrogens (tertiary/aromatic N) is 1. The molecule has 1 saturated heterocycles. The molecular formula is C32H35NO5. The largest absolute Gasteiger partial charge is 0.507 e. The third-order valence-electron chi connectivity index (χ3n) is 6.70. The topological polar surface area (TPSA) is 76.1 Å². The Hall–Kier alpha value is -4.06. The zero-order valence-corrected chi connectivity index (χ0v) is 23.0. The van der Waals surface area contributed by atoms with Crippen molar-refractivity contribution in [3.8, 4) is 11.5 Å². The van der Waals surface area contributed by atoms with Crippen LogP contribution in [-0.2, 0) is 15.0 Å². The van der Waals surface area contributed by atoms with Crippen LogP contribution < -0.4 is 14.4 Å². The average molecular weight is 514 g/mol. The number of hydrogen-bond acceptors (Lipinski definition) is 5. The molecule has 6 nitrogen and oxygen atoms in total. The average Bonchev–Trinajstić information content (AvgIpc) is 3.13. The van der Waals surface area contributed by atoms with Gasteiger partial charge in [0.05, 0.1) is 24.8 Å². The fraction of sp³-hybridized carbons (Fsp3) is 0.312. The van der Waals surface area contributed by atoms with E-state index < -0.39 is 17.7 Å². The van der Waals surface area contributed by atoms with E-state index >= 15 is 0 Å². The summed E-state index contributed by atoms with van der Waals surface area (Å²) < 4.78 is 11.2. The van der Waals surface area contributed by atoms with E-state index in [1.54, 1.807) is 31.4 Å². The van der Waals surface area contributed by atoms with Crippen LogP contribution in [0.15, 0.2) is 72.3 Å². The van der Waals surface area contributed by atoms with Gasteiger partial charge in [-0.1, -0.05) is 51.1 Å². The molecule has 3 aromatic carbocycles. The van der Waals surface area contributed by atoms with Crippen molar-refractivity contribution in [2.45, 2.75) is 59.1 Å². The Bertz CT molecular complexity index is 1400. The number of anilines is 1. The molecule has 198 valence electrons. The molecule has 1 aliphatic rings. The van der Waals surface area contributed by atoms with Gasteiger partial charge in [0.25, 0.3) is 11.7 Å². The van der Waals surface area contributed by atoms with Gasteiger partial charge in [0.1, 0.15) is 17.3 Å². The number of aryl methyl sites for hydroxylation is 1. The van der Waals surface area contributed by atoms with Gasteiger partial charge in [-0.15, -0.1) is 0 Å². The van der Waals surface area contributed by atoms with Gasteiger partial charge in [0.15, 0.2) is 0 Å². The van der Waals surface area contributed by atoms with E-state index in [1.165, 1.54) is 4.90 Å². The van der Waals surface area contributed by atoms with Crippen LogP contribution in [0.1, 0.15) is 62.9 Å². The number of benzene rings is 3. The summed E-state index contributed by atoms with van der Waals surface area (Å²) in [6.07, 6.45) is 0.00124. The van der Waals surface area contributed by atoms with Gasteiger partial charge >= 0.3 is 0 Å². The fourth-order valence-electron chi connectivity index (χ4n) is 4.66. The molecule has 0 radical (unpaired) electrons. The summed E-state index contributed by atoms with van der Waals surface area (Å²) >= 11 is 0. The highest BCUT2D eigenvalue weighted by Crippen LogP contribution is 2.43. The molecule has 1 fully saturated rings. The number of methoxy groups -OCH3 is 1. The standard InChI is InChI=1S/C32H35NO5/c1-19(2)38-24-15-12-21(13-16-24)28-27(29(34)26-17-22(32(4,5)6)14-11-20(26)3)30(35)31(36)33(28)23-9-8-10-25(18-23)37-7/h8-19,28,34H,1-7H3/b29-27+. The highest BCUT2D eigenvalue weighted by Gasteiger charge is 2.47. The number of aliphatic hydroxyl groups excluding tert-OH is 1. The Balaban J connectivity index is 1.94. The Morgan fingerprint density at radius 2 is 1.63 bits per heavy atom. The van der Waals surface area contributed by atoms with Crippen LogP contribution in [-0.4, -0.2) is 30.0 Å². The summed E-state index contributed by atoms with van der Waals surface area (Å²) in [5, 5.41) is 11.7. The number of hydrogen-bond donors (Lipinski definition) is 1. The monoisotopic (exact) mass is 513 g/mol. The third kappa shape index (κ3) is 5.17. The number of aliphatic hydroxyl groups is 1. The molecule has 0 bridgehead atoms. The SMILES string of the molecule is COc1cccc(N2C(=O)C(=O)/C(=C(/O)c3cc(C(C)(C)C)ccc3C)C2c2ccc(OC(C)C)cc2)c1. The van der Waals surface area contributed by atoms with Gasteiger partial charge in [-0.2, -0.15) is 0 Å². The van der Waals surface area contributed by atoms with Crippen LogP contribution in [0.25, 0.3) is 5.76 Å². The van der Waals surface area contributed by atoms with E-state index in [0.717, 1.165) is 11.1 Å². The summed E-state index contributed by atoms with van der Waals surface area (Å²) in [5.41, 5.74) is 3.41. The van der Waals surface area contributed by atoms with Crippen LogP contribution in [0.2, 0.25) is 0 Å². The number of amides is 1. The number of ketones is 1. The lowest BCUT2D eigenvalue weighted by Gasteiger charge is -2.26. The van der Waals surface area contributed by atoms with Crippen molar-refractivity contribution in [2.75, 3.05) is 12.0 Å². The van der Waals surface area contributed by atoms with Crippen molar-refractivity contribution < 1.29 is 24.2 Å².